The summed E-state index contributed by atoms with van der Waals surface area (Å²) < 4.78 is 10.2. The van der Waals surface area contributed by atoms with E-state index in [1.54, 1.807) is 6.07 Å². The lowest BCUT2D eigenvalue weighted by Gasteiger charge is -2.04. The number of aromatic nitrogens is 2. The number of nitrogens with zero attached hydrogens (tertiary/aromatic N) is 2. The lowest BCUT2D eigenvalue weighted by molar-refractivity contribution is 0.289. The van der Waals surface area contributed by atoms with E-state index < -0.39 is 0 Å². The van der Waals surface area contributed by atoms with E-state index in [0.29, 0.717) is 24.2 Å². The maximum Gasteiger partial charge on any atom is 0.321 e. The van der Waals surface area contributed by atoms with E-state index >= 15 is 0 Å². The molecule has 0 atom stereocenters. The smallest absolute Gasteiger partial charge is 0.321 e. The molecule has 0 bridgehead atoms. The Hall–Kier alpha value is -1.03. The van der Waals surface area contributed by atoms with Gasteiger partial charge in [0, 0.05) is 6.07 Å². The van der Waals surface area contributed by atoms with E-state index in [-0.39, 0.29) is 6.01 Å². The third-order valence-corrected chi connectivity index (χ3v) is 1.41. The summed E-state index contributed by atoms with van der Waals surface area (Å²) >= 11 is 5.71. The summed E-state index contributed by atoms with van der Waals surface area (Å²) in [5.41, 5.74) is 0. The molecule has 0 aliphatic heterocycles. The van der Waals surface area contributed by atoms with Gasteiger partial charge < -0.3 is 9.47 Å². The van der Waals surface area contributed by atoms with Crippen LogP contribution in [0.3, 0.4) is 0 Å². The minimum absolute atomic E-state index is 0.249. The highest BCUT2D eigenvalue weighted by Gasteiger charge is 2.03. The van der Waals surface area contributed by atoms with Crippen molar-refractivity contribution in [1.82, 2.24) is 9.97 Å². The third kappa shape index (κ3) is 3.06. The van der Waals surface area contributed by atoms with Gasteiger partial charge in [-0.2, -0.15) is 9.97 Å². The molecule has 0 aromatic carbocycles. The zero-order chi connectivity index (χ0) is 9.68. The molecule has 0 unspecified atom stereocenters. The summed E-state index contributed by atoms with van der Waals surface area (Å²) in [7, 11) is 0. The van der Waals surface area contributed by atoms with Crippen LogP contribution in [0.2, 0.25) is 5.15 Å². The lowest BCUT2D eigenvalue weighted by atomic mass is 10.6. The van der Waals surface area contributed by atoms with E-state index in [0.717, 1.165) is 0 Å². The van der Waals surface area contributed by atoms with Gasteiger partial charge in [-0.25, -0.2) is 0 Å². The fourth-order valence-electron chi connectivity index (χ4n) is 0.793. The first kappa shape index (κ1) is 10.1. The van der Waals surface area contributed by atoms with Crippen molar-refractivity contribution in [3.63, 3.8) is 0 Å². The Labute approximate surface area is 81.9 Å². The first-order valence-corrected chi connectivity index (χ1v) is 4.44. The Morgan fingerprint density at radius 1 is 1.23 bits per heavy atom. The van der Waals surface area contributed by atoms with Crippen LogP contribution >= 0.6 is 11.6 Å². The Morgan fingerprint density at radius 2 is 1.92 bits per heavy atom. The van der Waals surface area contributed by atoms with Crippen molar-refractivity contribution < 1.29 is 9.47 Å². The predicted octanol–water partition coefficient (Wildman–Crippen LogP) is 1.93. The van der Waals surface area contributed by atoms with Crippen LogP contribution in [0.15, 0.2) is 6.07 Å². The van der Waals surface area contributed by atoms with E-state index in [1.807, 2.05) is 13.8 Å². The normalized spacial score (nSPS) is 9.77. The van der Waals surface area contributed by atoms with Gasteiger partial charge in [0.25, 0.3) is 0 Å². The zero-order valence-electron chi connectivity index (χ0n) is 7.58. The van der Waals surface area contributed by atoms with Crippen molar-refractivity contribution in [2.45, 2.75) is 13.8 Å². The number of ether oxygens (including phenoxy) is 2. The van der Waals surface area contributed by atoms with E-state index in [9.17, 15) is 0 Å². The van der Waals surface area contributed by atoms with Gasteiger partial charge in [-0.1, -0.05) is 11.6 Å². The van der Waals surface area contributed by atoms with Crippen LogP contribution in [0.1, 0.15) is 13.8 Å². The second-order valence-corrected chi connectivity index (χ2v) is 2.56. The van der Waals surface area contributed by atoms with Crippen molar-refractivity contribution in [3.8, 4) is 11.9 Å². The third-order valence-electron chi connectivity index (χ3n) is 1.22. The molecule has 0 aliphatic carbocycles. The van der Waals surface area contributed by atoms with Crippen molar-refractivity contribution in [3.05, 3.63) is 11.2 Å². The molecule has 0 spiro atoms. The van der Waals surface area contributed by atoms with Crippen LogP contribution in [-0.2, 0) is 0 Å². The van der Waals surface area contributed by atoms with Gasteiger partial charge >= 0.3 is 6.01 Å². The molecule has 5 heteroatoms. The number of hydrogen-bond donors (Lipinski definition) is 0. The Kier molecular flexibility index (Phi) is 3.76. The molecule has 0 fully saturated rings. The van der Waals surface area contributed by atoms with Crippen molar-refractivity contribution in [2.24, 2.45) is 0 Å². The Morgan fingerprint density at radius 3 is 2.54 bits per heavy atom. The van der Waals surface area contributed by atoms with Gasteiger partial charge in [-0.3, -0.25) is 0 Å². The maximum absolute atomic E-state index is 5.71. The minimum atomic E-state index is 0.249. The summed E-state index contributed by atoms with van der Waals surface area (Å²) in [5, 5.41) is 0.321. The second-order valence-electron chi connectivity index (χ2n) is 2.18. The fraction of sp³-hybridized carbons (Fsp3) is 0.500. The molecule has 4 nitrogen and oxygen atoms in total. The van der Waals surface area contributed by atoms with Gasteiger partial charge in [0.15, 0.2) is 0 Å². The molecule has 1 aromatic rings. The van der Waals surface area contributed by atoms with Crippen LogP contribution in [-0.4, -0.2) is 23.2 Å². The van der Waals surface area contributed by atoms with Crippen molar-refractivity contribution in [2.75, 3.05) is 13.2 Å². The SMILES string of the molecule is CCOc1cc(Cl)nc(OCC)n1. The van der Waals surface area contributed by atoms with Crippen molar-refractivity contribution >= 4 is 11.6 Å². The molecule has 13 heavy (non-hydrogen) atoms. The highest BCUT2D eigenvalue weighted by atomic mass is 35.5. The number of halogens is 1. The summed E-state index contributed by atoms with van der Waals surface area (Å²) in [6, 6.07) is 1.80. The largest absolute Gasteiger partial charge is 0.478 e. The number of rotatable bonds is 4. The standard InChI is InChI=1S/C8H11ClN2O2/c1-3-12-7-5-6(9)10-8(11-7)13-4-2/h5H,3-4H2,1-2H3. The molecule has 0 saturated heterocycles. The van der Waals surface area contributed by atoms with E-state index in [1.165, 1.54) is 0 Å². The first-order chi connectivity index (χ1) is 6.26. The number of hydrogen-bond acceptors (Lipinski definition) is 4. The zero-order valence-corrected chi connectivity index (χ0v) is 8.34. The highest BCUT2D eigenvalue weighted by molar-refractivity contribution is 6.29. The Bertz CT molecular complexity index is 257. The van der Waals surface area contributed by atoms with Crippen LogP contribution in [0.25, 0.3) is 0 Å². The molecular formula is C8H11ClN2O2. The Balaban J connectivity index is 2.83. The van der Waals surface area contributed by atoms with Gasteiger partial charge in [0.2, 0.25) is 5.88 Å². The average molecular weight is 203 g/mol. The predicted molar refractivity (Wildman–Crippen MR) is 49.4 cm³/mol. The molecule has 0 saturated carbocycles. The molecule has 1 rings (SSSR count). The van der Waals surface area contributed by atoms with Crippen LogP contribution in [0.5, 0.6) is 11.9 Å². The quantitative estimate of drug-likeness (QED) is 0.700. The lowest BCUT2D eigenvalue weighted by Crippen LogP contribution is -2.01. The van der Waals surface area contributed by atoms with Gasteiger partial charge in [-0.05, 0) is 13.8 Å². The van der Waals surface area contributed by atoms with Gasteiger partial charge in [0.1, 0.15) is 5.15 Å². The summed E-state index contributed by atoms with van der Waals surface area (Å²) in [6.07, 6.45) is 0. The average Bonchev–Trinajstić information content (AvgIpc) is 2.04. The molecule has 1 aromatic heterocycles. The second kappa shape index (κ2) is 4.87. The minimum Gasteiger partial charge on any atom is -0.478 e. The first-order valence-electron chi connectivity index (χ1n) is 4.06. The van der Waals surface area contributed by atoms with Gasteiger partial charge in [0.05, 0.1) is 13.2 Å². The van der Waals surface area contributed by atoms with Crippen LogP contribution < -0.4 is 9.47 Å². The van der Waals surface area contributed by atoms with Crippen LogP contribution in [0, 0.1) is 0 Å². The topological polar surface area (TPSA) is 44.2 Å². The molecule has 1 heterocycles. The van der Waals surface area contributed by atoms with Crippen LogP contribution in [0.4, 0.5) is 0 Å². The molecule has 0 amide bonds. The van der Waals surface area contributed by atoms with Gasteiger partial charge in [-0.15, -0.1) is 0 Å². The molecule has 0 aliphatic rings. The monoisotopic (exact) mass is 202 g/mol. The summed E-state index contributed by atoms with van der Waals surface area (Å²) in [5.74, 6) is 0.436. The van der Waals surface area contributed by atoms with E-state index in [2.05, 4.69) is 9.97 Å². The fourth-order valence-corrected chi connectivity index (χ4v) is 0.958. The van der Waals surface area contributed by atoms with E-state index in [4.69, 9.17) is 21.1 Å². The maximum atomic E-state index is 5.71. The summed E-state index contributed by atoms with van der Waals surface area (Å²) in [6.45, 7) is 4.77. The van der Waals surface area contributed by atoms with Crippen molar-refractivity contribution in [1.29, 1.82) is 0 Å². The molecule has 0 N–H and O–H groups in total. The molecular weight excluding hydrogens is 192 g/mol. The highest BCUT2D eigenvalue weighted by Crippen LogP contribution is 2.17. The molecule has 72 valence electrons. The summed E-state index contributed by atoms with van der Waals surface area (Å²) in [4.78, 5) is 7.83. The molecule has 0 radical (unpaired) electrons.